The number of hydrogen-bond acceptors (Lipinski definition) is 5. The summed E-state index contributed by atoms with van der Waals surface area (Å²) in [6.07, 6.45) is 1.07. The van der Waals surface area contributed by atoms with Crippen LogP contribution in [0.15, 0.2) is 0 Å². The van der Waals surface area contributed by atoms with E-state index in [4.69, 9.17) is 5.26 Å². The quantitative estimate of drug-likeness (QED) is 0.691. The maximum atomic E-state index is 12.0. The van der Waals surface area contributed by atoms with E-state index in [1.807, 2.05) is 11.8 Å². The Kier molecular flexibility index (Phi) is 4.71. The summed E-state index contributed by atoms with van der Waals surface area (Å²) < 4.78 is 22.7. The second-order valence-electron chi connectivity index (χ2n) is 4.64. The highest BCUT2D eigenvalue weighted by atomic mass is 32.2. The van der Waals surface area contributed by atoms with Crippen molar-refractivity contribution in [1.29, 1.82) is 5.26 Å². The van der Waals surface area contributed by atoms with Crippen molar-refractivity contribution in [2.75, 3.05) is 32.4 Å². The van der Waals surface area contributed by atoms with Gasteiger partial charge in [0, 0.05) is 32.4 Å². The molecule has 0 aromatic carbocycles. The molecule has 6 nitrogen and oxygen atoms in total. The van der Waals surface area contributed by atoms with Crippen LogP contribution in [-0.2, 0) is 14.6 Å². The summed E-state index contributed by atoms with van der Waals surface area (Å²) in [7, 11) is -3.34. The van der Waals surface area contributed by atoms with E-state index in [-0.39, 0.29) is 11.9 Å². The van der Waals surface area contributed by atoms with Crippen LogP contribution in [0.4, 0.5) is 0 Å². The van der Waals surface area contributed by atoms with E-state index in [2.05, 4.69) is 6.07 Å². The number of sulfone groups is 1. The Hall–Kier alpha value is -1.13. The smallest absolute Gasteiger partial charge is 0.240 e. The maximum Gasteiger partial charge on any atom is 0.240 e. The molecular weight excluding hydrogens is 254 g/mol. The molecule has 1 aliphatic heterocycles. The zero-order valence-corrected chi connectivity index (χ0v) is 11.8. The topological polar surface area (TPSA) is 81.5 Å². The number of piperazine rings is 1. The van der Waals surface area contributed by atoms with Crippen LogP contribution in [0.25, 0.3) is 0 Å². The van der Waals surface area contributed by atoms with Crippen LogP contribution in [0.1, 0.15) is 13.8 Å². The predicted molar refractivity (Wildman–Crippen MR) is 67.5 cm³/mol. The van der Waals surface area contributed by atoms with Crippen molar-refractivity contribution in [1.82, 2.24) is 9.80 Å². The van der Waals surface area contributed by atoms with E-state index in [0.717, 1.165) is 6.26 Å². The molecule has 1 rings (SSSR count). The monoisotopic (exact) mass is 273 g/mol. The summed E-state index contributed by atoms with van der Waals surface area (Å²) in [5, 5.41) is 7.82. The maximum absolute atomic E-state index is 12.0. The third-order valence-corrected chi connectivity index (χ3v) is 4.84. The van der Waals surface area contributed by atoms with E-state index in [1.54, 1.807) is 4.90 Å². The summed E-state index contributed by atoms with van der Waals surface area (Å²) in [5.74, 6) is -0.346. The minimum absolute atomic E-state index is 0.172. The van der Waals surface area contributed by atoms with Gasteiger partial charge in [-0.05, 0) is 13.8 Å². The first kappa shape index (κ1) is 14.9. The number of nitriles is 1. The van der Waals surface area contributed by atoms with Crippen LogP contribution >= 0.6 is 0 Å². The first-order chi connectivity index (χ1) is 8.27. The van der Waals surface area contributed by atoms with Gasteiger partial charge in [-0.15, -0.1) is 0 Å². The molecule has 0 saturated carbocycles. The molecule has 1 amide bonds. The lowest BCUT2D eigenvalue weighted by Crippen LogP contribution is -2.53. The highest BCUT2D eigenvalue weighted by Crippen LogP contribution is 2.10. The molecule has 102 valence electrons. The van der Waals surface area contributed by atoms with Gasteiger partial charge in [0.1, 0.15) is 5.25 Å². The summed E-state index contributed by atoms with van der Waals surface area (Å²) >= 11 is 0. The van der Waals surface area contributed by atoms with E-state index >= 15 is 0 Å². The summed E-state index contributed by atoms with van der Waals surface area (Å²) in [4.78, 5) is 15.5. The molecular formula is C11H19N3O3S. The first-order valence-electron chi connectivity index (χ1n) is 5.88. The van der Waals surface area contributed by atoms with Gasteiger partial charge < -0.3 is 4.90 Å². The fourth-order valence-corrected chi connectivity index (χ4v) is 2.37. The van der Waals surface area contributed by atoms with Crippen molar-refractivity contribution in [3.05, 3.63) is 0 Å². The summed E-state index contributed by atoms with van der Waals surface area (Å²) in [6.45, 7) is 5.40. The zero-order valence-electron chi connectivity index (χ0n) is 11.0. The Morgan fingerprint density at radius 3 is 2.11 bits per heavy atom. The third kappa shape index (κ3) is 3.43. The molecule has 0 aromatic heterocycles. The standard InChI is InChI=1S/C11H19N3O3S/c1-9(8-12)13-4-6-14(7-5-13)11(15)10(2)18(3,16)17/h9-10H,4-7H2,1-3H3. The molecule has 0 radical (unpaired) electrons. The fourth-order valence-electron chi connectivity index (χ4n) is 1.85. The molecule has 1 aliphatic rings. The second kappa shape index (κ2) is 5.67. The van der Waals surface area contributed by atoms with E-state index in [0.29, 0.717) is 26.2 Å². The largest absolute Gasteiger partial charge is 0.339 e. The Morgan fingerprint density at radius 2 is 1.72 bits per heavy atom. The van der Waals surface area contributed by atoms with E-state index in [1.165, 1.54) is 6.92 Å². The lowest BCUT2D eigenvalue weighted by Gasteiger charge is -2.36. The van der Waals surface area contributed by atoms with E-state index in [9.17, 15) is 13.2 Å². The summed E-state index contributed by atoms with van der Waals surface area (Å²) in [5.41, 5.74) is 0. The molecule has 2 atom stereocenters. The highest BCUT2D eigenvalue weighted by molar-refractivity contribution is 7.92. The average molecular weight is 273 g/mol. The van der Waals surface area contributed by atoms with Crippen molar-refractivity contribution in [2.24, 2.45) is 0 Å². The predicted octanol–water partition coefficient (Wildman–Crippen LogP) is -0.524. The Balaban J connectivity index is 2.59. The molecule has 2 unspecified atom stereocenters. The minimum Gasteiger partial charge on any atom is -0.339 e. The molecule has 0 bridgehead atoms. The first-order valence-corrected chi connectivity index (χ1v) is 7.84. The minimum atomic E-state index is -3.34. The van der Waals surface area contributed by atoms with Crippen LogP contribution < -0.4 is 0 Å². The van der Waals surface area contributed by atoms with Crippen LogP contribution in [-0.4, -0.2) is 67.9 Å². The Morgan fingerprint density at radius 1 is 1.22 bits per heavy atom. The van der Waals surface area contributed by atoms with Gasteiger partial charge >= 0.3 is 0 Å². The van der Waals surface area contributed by atoms with Gasteiger partial charge in [-0.3, -0.25) is 9.69 Å². The number of carbonyl (C=O) groups excluding carboxylic acids is 1. The number of hydrogen-bond donors (Lipinski definition) is 0. The van der Waals surface area contributed by atoms with Crippen molar-refractivity contribution < 1.29 is 13.2 Å². The number of nitrogens with zero attached hydrogens (tertiary/aromatic N) is 3. The van der Waals surface area contributed by atoms with Crippen LogP contribution in [0.2, 0.25) is 0 Å². The van der Waals surface area contributed by atoms with Gasteiger partial charge in [0.25, 0.3) is 0 Å². The Labute approximate surface area is 108 Å². The number of amides is 1. The molecule has 1 saturated heterocycles. The lowest BCUT2D eigenvalue weighted by atomic mass is 10.2. The number of carbonyl (C=O) groups is 1. The molecule has 0 N–H and O–H groups in total. The van der Waals surface area contributed by atoms with Gasteiger partial charge in [0.05, 0.1) is 12.1 Å². The SMILES string of the molecule is CC(C#N)N1CCN(C(=O)C(C)S(C)(=O)=O)CC1. The van der Waals surface area contributed by atoms with Crippen LogP contribution in [0, 0.1) is 11.3 Å². The molecule has 18 heavy (non-hydrogen) atoms. The summed E-state index contributed by atoms with van der Waals surface area (Å²) in [6, 6.07) is 1.98. The van der Waals surface area contributed by atoms with Crippen molar-refractivity contribution in [2.45, 2.75) is 25.1 Å². The van der Waals surface area contributed by atoms with Crippen molar-refractivity contribution in [3.63, 3.8) is 0 Å². The fraction of sp³-hybridized carbons (Fsp3) is 0.818. The highest BCUT2D eigenvalue weighted by Gasteiger charge is 2.31. The van der Waals surface area contributed by atoms with Crippen LogP contribution in [0.3, 0.4) is 0 Å². The zero-order chi connectivity index (χ0) is 13.9. The van der Waals surface area contributed by atoms with Gasteiger partial charge in [0.15, 0.2) is 9.84 Å². The molecule has 1 heterocycles. The van der Waals surface area contributed by atoms with Gasteiger partial charge in [0.2, 0.25) is 5.91 Å². The molecule has 7 heteroatoms. The molecule has 0 spiro atoms. The van der Waals surface area contributed by atoms with Gasteiger partial charge in [-0.1, -0.05) is 0 Å². The van der Waals surface area contributed by atoms with Gasteiger partial charge in [-0.2, -0.15) is 5.26 Å². The average Bonchev–Trinajstić information content (AvgIpc) is 2.35. The Bertz CT molecular complexity index is 447. The van der Waals surface area contributed by atoms with Crippen molar-refractivity contribution in [3.8, 4) is 6.07 Å². The molecule has 0 aromatic rings. The normalized spacial score (nSPS) is 21.1. The van der Waals surface area contributed by atoms with Gasteiger partial charge in [-0.25, -0.2) is 8.42 Å². The van der Waals surface area contributed by atoms with E-state index < -0.39 is 15.1 Å². The van der Waals surface area contributed by atoms with Crippen LogP contribution in [0.5, 0.6) is 0 Å². The molecule has 1 fully saturated rings. The lowest BCUT2D eigenvalue weighted by molar-refractivity contribution is -0.132. The number of rotatable bonds is 3. The second-order valence-corrected chi connectivity index (χ2v) is 7.00. The molecule has 0 aliphatic carbocycles. The van der Waals surface area contributed by atoms with Crippen molar-refractivity contribution >= 4 is 15.7 Å². The third-order valence-electron chi connectivity index (χ3n) is 3.35.